The number of ether oxygens (including phenoxy) is 1. The van der Waals surface area contributed by atoms with Crippen LogP contribution in [0.15, 0.2) is 41.4 Å². The summed E-state index contributed by atoms with van der Waals surface area (Å²) < 4.78 is 32.8. The molecular formula is C20H18F2N2O3S. The SMILES string of the molecule is CC1CN(C2=C(c3cccs3)C(=O)N(c3ccc(F)c(F)c3)C2=O)CC(C)O1. The van der Waals surface area contributed by atoms with E-state index in [1.165, 1.54) is 17.4 Å². The van der Waals surface area contributed by atoms with Gasteiger partial charge in [0.2, 0.25) is 0 Å². The van der Waals surface area contributed by atoms with Crippen LogP contribution in [-0.2, 0) is 14.3 Å². The predicted molar refractivity (Wildman–Crippen MR) is 102 cm³/mol. The lowest BCUT2D eigenvalue weighted by Gasteiger charge is -2.37. The molecule has 2 aliphatic heterocycles. The molecule has 3 heterocycles. The van der Waals surface area contributed by atoms with Crippen LogP contribution in [0.5, 0.6) is 0 Å². The summed E-state index contributed by atoms with van der Waals surface area (Å²) in [5.41, 5.74) is 0.567. The number of carbonyl (C=O) groups is 2. The lowest BCUT2D eigenvalue weighted by Crippen LogP contribution is -2.47. The molecule has 28 heavy (non-hydrogen) atoms. The van der Waals surface area contributed by atoms with Crippen molar-refractivity contribution >= 4 is 34.4 Å². The van der Waals surface area contributed by atoms with Crippen molar-refractivity contribution in [1.82, 2.24) is 4.90 Å². The second-order valence-corrected chi connectivity index (χ2v) is 7.86. The maximum atomic E-state index is 13.7. The van der Waals surface area contributed by atoms with E-state index in [0.717, 1.165) is 17.0 Å². The van der Waals surface area contributed by atoms with E-state index in [2.05, 4.69) is 0 Å². The fourth-order valence-electron chi connectivity index (χ4n) is 3.67. The first-order valence-electron chi connectivity index (χ1n) is 8.89. The Kier molecular flexibility index (Phi) is 4.76. The van der Waals surface area contributed by atoms with Gasteiger partial charge in [-0.25, -0.2) is 13.7 Å². The number of nitrogens with zero attached hydrogens (tertiary/aromatic N) is 2. The lowest BCUT2D eigenvalue weighted by molar-refractivity contribution is -0.121. The first-order chi connectivity index (χ1) is 13.4. The zero-order chi connectivity index (χ0) is 20.0. The third-order valence-electron chi connectivity index (χ3n) is 4.72. The molecule has 1 fully saturated rings. The number of carbonyl (C=O) groups excluding carboxylic acids is 2. The molecule has 2 aliphatic rings. The number of morpholine rings is 1. The minimum absolute atomic E-state index is 0.00677. The molecule has 0 N–H and O–H groups in total. The number of anilines is 1. The van der Waals surface area contributed by atoms with Gasteiger partial charge < -0.3 is 9.64 Å². The molecule has 2 unspecified atom stereocenters. The van der Waals surface area contributed by atoms with Gasteiger partial charge in [-0.1, -0.05) is 6.07 Å². The highest BCUT2D eigenvalue weighted by Crippen LogP contribution is 2.37. The van der Waals surface area contributed by atoms with Gasteiger partial charge in [0, 0.05) is 24.0 Å². The van der Waals surface area contributed by atoms with Gasteiger partial charge in [-0.2, -0.15) is 0 Å². The van der Waals surface area contributed by atoms with Gasteiger partial charge in [0.1, 0.15) is 5.70 Å². The summed E-state index contributed by atoms with van der Waals surface area (Å²) in [7, 11) is 0. The Morgan fingerprint density at radius 2 is 1.75 bits per heavy atom. The van der Waals surface area contributed by atoms with E-state index >= 15 is 0 Å². The van der Waals surface area contributed by atoms with Crippen molar-refractivity contribution in [3.05, 3.63) is 57.9 Å². The summed E-state index contributed by atoms with van der Waals surface area (Å²) in [6.45, 7) is 4.73. The van der Waals surface area contributed by atoms with Crippen molar-refractivity contribution in [2.24, 2.45) is 0 Å². The summed E-state index contributed by atoms with van der Waals surface area (Å²) in [5, 5.41) is 1.82. The largest absolute Gasteiger partial charge is 0.372 e. The molecule has 1 aromatic carbocycles. The van der Waals surface area contributed by atoms with Crippen LogP contribution in [0.4, 0.5) is 14.5 Å². The van der Waals surface area contributed by atoms with Crippen molar-refractivity contribution in [3.63, 3.8) is 0 Å². The van der Waals surface area contributed by atoms with Crippen molar-refractivity contribution in [2.75, 3.05) is 18.0 Å². The number of hydrogen-bond donors (Lipinski definition) is 0. The Balaban J connectivity index is 1.81. The van der Waals surface area contributed by atoms with Crippen LogP contribution in [0, 0.1) is 11.6 Å². The molecule has 0 saturated carbocycles. The van der Waals surface area contributed by atoms with E-state index in [-0.39, 0.29) is 29.2 Å². The monoisotopic (exact) mass is 404 g/mol. The Bertz CT molecular complexity index is 964. The van der Waals surface area contributed by atoms with Crippen LogP contribution in [-0.4, -0.2) is 42.0 Å². The van der Waals surface area contributed by atoms with Gasteiger partial charge in [0.15, 0.2) is 11.6 Å². The lowest BCUT2D eigenvalue weighted by atomic mass is 10.1. The molecule has 0 spiro atoms. The summed E-state index contributed by atoms with van der Waals surface area (Å²) in [4.78, 5) is 29.9. The smallest absolute Gasteiger partial charge is 0.282 e. The zero-order valence-corrected chi connectivity index (χ0v) is 16.1. The summed E-state index contributed by atoms with van der Waals surface area (Å²) in [6, 6.07) is 6.58. The highest BCUT2D eigenvalue weighted by Gasteiger charge is 2.44. The van der Waals surface area contributed by atoms with Crippen molar-refractivity contribution in [2.45, 2.75) is 26.1 Å². The number of imide groups is 1. The van der Waals surface area contributed by atoms with Crippen molar-refractivity contribution in [3.8, 4) is 0 Å². The average molecular weight is 404 g/mol. The number of amides is 2. The van der Waals surface area contributed by atoms with Gasteiger partial charge in [0.25, 0.3) is 11.8 Å². The summed E-state index contributed by atoms with van der Waals surface area (Å²) in [5.74, 6) is -3.23. The number of benzene rings is 1. The quantitative estimate of drug-likeness (QED) is 0.736. The number of hydrogen-bond acceptors (Lipinski definition) is 5. The van der Waals surface area contributed by atoms with E-state index in [0.29, 0.717) is 18.0 Å². The molecule has 4 rings (SSSR count). The maximum absolute atomic E-state index is 13.7. The van der Waals surface area contributed by atoms with Gasteiger partial charge in [-0.15, -0.1) is 11.3 Å². The fourth-order valence-corrected chi connectivity index (χ4v) is 4.44. The molecule has 2 aromatic rings. The second-order valence-electron chi connectivity index (χ2n) is 6.91. The Hall–Kier alpha value is -2.58. The molecule has 0 radical (unpaired) electrons. The fraction of sp³-hybridized carbons (Fsp3) is 0.300. The van der Waals surface area contributed by atoms with Gasteiger partial charge >= 0.3 is 0 Å². The normalized spacial score (nSPS) is 23.1. The zero-order valence-electron chi connectivity index (χ0n) is 15.3. The molecule has 0 bridgehead atoms. The maximum Gasteiger partial charge on any atom is 0.282 e. The van der Waals surface area contributed by atoms with Crippen LogP contribution >= 0.6 is 11.3 Å². The molecule has 2 atom stereocenters. The third kappa shape index (κ3) is 3.12. The van der Waals surface area contributed by atoms with Crippen LogP contribution in [0.2, 0.25) is 0 Å². The molecule has 1 saturated heterocycles. The first kappa shape index (κ1) is 18.8. The highest BCUT2D eigenvalue weighted by molar-refractivity contribution is 7.11. The molecular weight excluding hydrogens is 386 g/mol. The van der Waals surface area contributed by atoms with Crippen LogP contribution in [0.1, 0.15) is 18.7 Å². The van der Waals surface area contributed by atoms with Crippen molar-refractivity contribution < 1.29 is 23.1 Å². The molecule has 1 aromatic heterocycles. The Labute approximate surface area is 164 Å². The van der Waals surface area contributed by atoms with Crippen LogP contribution in [0.25, 0.3) is 5.57 Å². The minimum atomic E-state index is -1.11. The third-order valence-corrected chi connectivity index (χ3v) is 5.61. The first-order valence-corrected chi connectivity index (χ1v) is 9.77. The highest BCUT2D eigenvalue weighted by atomic mass is 32.1. The standard InChI is InChI=1S/C20H18F2N2O3S/c1-11-9-23(10-12(2)27-11)18-17(16-4-3-7-28-16)19(25)24(20(18)26)13-5-6-14(21)15(22)8-13/h3-8,11-12H,9-10H2,1-2H3. The Morgan fingerprint density at radius 1 is 1.04 bits per heavy atom. The summed E-state index contributed by atoms with van der Waals surface area (Å²) in [6.07, 6.45) is -0.220. The average Bonchev–Trinajstić information content (AvgIpc) is 3.23. The molecule has 8 heteroatoms. The van der Waals surface area contributed by atoms with Gasteiger partial charge in [-0.05, 0) is 37.4 Å². The predicted octanol–water partition coefficient (Wildman–Crippen LogP) is 3.42. The van der Waals surface area contributed by atoms with Gasteiger partial charge in [-0.3, -0.25) is 9.59 Å². The number of rotatable bonds is 3. The Morgan fingerprint density at radius 3 is 2.36 bits per heavy atom. The van der Waals surface area contributed by atoms with E-state index < -0.39 is 23.4 Å². The second kappa shape index (κ2) is 7.10. The van der Waals surface area contributed by atoms with E-state index in [1.807, 2.05) is 24.1 Å². The molecule has 2 amide bonds. The summed E-state index contributed by atoms with van der Waals surface area (Å²) >= 11 is 1.35. The molecule has 0 aliphatic carbocycles. The number of thiophene rings is 1. The number of halogens is 2. The van der Waals surface area contributed by atoms with Crippen LogP contribution in [0.3, 0.4) is 0 Å². The van der Waals surface area contributed by atoms with Crippen LogP contribution < -0.4 is 4.90 Å². The van der Waals surface area contributed by atoms with Gasteiger partial charge in [0.05, 0.1) is 23.5 Å². The van der Waals surface area contributed by atoms with E-state index in [9.17, 15) is 18.4 Å². The molecule has 5 nitrogen and oxygen atoms in total. The van der Waals surface area contributed by atoms with E-state index in [1.54, 1.807) is 12.1 Å². The minimum Gasteiger partial charge on any atom is -0.372 e. The topological polar surface area (TPSA) is 49.9 Å². The van der Waals surface area contributed by atoms with Crippen molar-refractivity contribution in [1.29, 1.82) is 0 Å². The molecule has 146 valence electrons. The van der Waals surface area contributed by atoms with E-state index in [4.69, 9.17) is 4.74 Å².